The van der Waals surface area contributed by atoms with Gasteiger partial charge in [0.2, 0.25) is 5.91 Å². The van der Waals surface area contributed by atoms with Crippen LogP contribution >= 0.6 is 0 Å². The smallest absolute Gasteiger partial charge is 0.238 e. The minimum atomic E-state index is -0.237. The van der Waals surface area contributed by atoms with Gasteiger partial charge in [-0.05, 0) is 18.6 Å². The summed E-state index contributed by atoms with van der Waals surface area (Å²) in [6.45, 7) is 2.63. The van der Waals surface area contributed by atoms with E-state index in [9.17, 15) is 4.79 Å². The minimum absolute atomic E-state index is 0.0286. The van der Waals surface area contributed by atoms with Gasteiger partial charge in [-0.15, -0.1) is 0 Å². The molecular weight excluding hydrogens is 216 g/mol. The Labute approximate surface area is 101 Å². The van der Waals surface area contributed by atoms with Gasteiger partial charge in [-0.2, -0.15) is 0 Å². The number of hydrogen-bond donors (Lipinski definition) is 2. The summed E-state index contributed by atoms with van der Waals surface area (Å²) in [5.41, 5.74) is 6.66. The van der Waals surface area contributed by atoms with Crippen LogP contribution in [0.4, 0.5) is 0 Å². The Morgan fingerprint density at radius 3 is 3.12 bits per heavy atom. The maximum absolute atomic E-state index is 11.8. The number of rotatable bonds is 3. The second kappa shape index (κ2) is 5.75. The van der Waals surface area contributed by atoms with Crippen molar-refractivity contribution in [3.05, 3.63) is 30.1 Å². The predicted octanol–water partition coefficient (Wildman–Crippen LogP) is -0.269. The van der Waals surface area contributed by atoms with E-state index >= 15 is 0 Å². The fourth-order valence-corrected chi connectivity index (χ4v) is 2.08. The monoisotopic (exact) mass is 234 g/mol. The third-order valence-corrected chi connectivity index (χ3v) is 2.98. The molecule has 0 bridgehead atoms. The van der Waals surface area contributed by atoms with Crippen LogP contribution in [0.3, 0.4) is 0 Å². The number of aromatic nitrogens is 1. The number of amides is 1. The maximum atomic E-state index is 11.8. The molecule has 1 unspecified atom stereocenters. The number of hydrogen-bond acceptors (Lipinski definition) is 4. The quantitative estimate of drug-likeness (QED) is 0.755. The number of nitrogens with two attached hydrogens (primary N) is 1. The fourth-order valence-electron chi connectivity index (χ4n) is 2.08. The highest BCUT2D eigenvalue weighted by molar-refractivity contribution is 5.82. The molecule has 92 valence electrons. The van der Waals surface area contributed by atoms with Crippen molar-refractivity contribution in [2.24, 2.45) is 5.73 Å². The topological polar surface area (TPSA) is 71.2 Å². The lowest BCUT2D eigenvalue weighted by molar-refractivity contribution is -0.125. The Balaban J connectivity index is 2.09. The molecule has 2 heterocycles. The van der Waals surface area contributed by atoms with Gasteiger partial charge < -0.3 is 11.1 Å². The highest BCUT2D eigenvalue weighted by atomic mass is 16.2. The molecule has 0 saturated carbocycles. The zero-order valence-electron chi connectivity index (χ0n) is 9.80. The molecule has 0 aromatic carbocycles. The van der Waals surface area contributed by atoms with Crippen molar-refractivity contribution in [3.8, 4) is 0 Å². The summed E-state index contributed by atoms with van der Waals surface area (Å²) in [5, 5.41) is 2.88. The van der Waals surface area contributed by atoms with Crippen LogP contribution in [-0.2, 0) is 11.3 Å². The molecule has 1 atom stereocenters. The van der Waals surface area contributed by atoms with Crippen LogP contribution in [0.1, 0.15) is 12.1 Å². The summed E-state index contributed by atoms with van der Waals surface area (Å²) in [4.78, 5) is 18.2. The Kier molecular flexibility index (Phi) is 4.06. The van der Waals surface area contributed by atoms with Gasteiger partial charge in [0.1, 0.15) is 6.04 Å². The van der Waals surface area contributed by atoms with Crippen LogP contribution in [0.25, 0.3) is 0 Å². The molecule has 17 heavy (non-hydrogen) atoms. The van der Waals surface area contributed by atoms with E-state index in [1.54, 1.807) is 6.20 Å². The first-order chi connectivity index (χ1) is 8.31. The van der Waals surface area contributed by atoms with Gasteiger partial charge in [0.15, 0.2) is 0 Å². The summed E-state index contributed by atoms with van der Waals surface area (Å²) in [6, 6.07) is 5.58. The number of carbonyl (C=O) groups excluding carboxylic acids is 1. The van der Waals surface area contributed by atoms with Gasteiger partial charge in [-0.25, -0.2) is 0 Å². The number of pyridine rings is 1. The first kappa shape index (κ1) is 12.0. The Bertz CT molecular complexity index is 368. The van der Waals surface area contributed by atoms with Crippen molar-refractivity contribution in [2.45, 2.75) is 19.0 Å². The summed E-state index contributed by atoms with van der Waals surface area (Å²) in [6.07, 6.45) is 2.72. The maximum Gasteiger partial charge on any atom is 0.238 e. The van der Waals surface area contributed by atoms with Crippen molar-refractivity contribution >= 4 is 5.91 Å². The SMILES string of the molecule is NCC1C(=O)NCCCN1Cc1ccccn1. The molecule has 1 fully saturated rings. The molecule has 5 nitrogen and oxygen atoms in total. The lowest BCUT2D eigenvalue weighted by atomic mass is 10.2. The van der Waals surface area contributed by atoms with Crippen LogP contribution in [-0.4, -0.2) is 41.5 Å². The zero-order valence-corrected chi connectivity index (χ0v) is 9.80. The van der Waals surface area contributed by atoms with E-state index in [1.807, 2.05) is 18.2 Å². The molecule has 0 aliphatic carbocycles. The van der Waals surface area contributed by atoms with Crippen LogP contribution in [0, 0.1) is 0 Å². The Morgan fingerprint density at radius 1 is 1.53 bits per heavy atom. The summed E-state index contributed by atoms with van der Waals surface area (Å²) >= 11 is 0. The predicted molar refractivity (Wildman–Crippen MR) is 65.1 cm³/mol. The van der Waals surface area contributed by atoms with Crippen LogP contribution in [0.5, 0.6) is 0 Å². The van der Waals surface area contributed by atoms with E-state index in [-0.39, 0.29) is 11.9 Å². The number of nitrogens with zero attached hydrogens (tertiary/aromatic N) is 2. The molecule has 1 aromatic heterocycles. The lowest BCUT2D eigenvalue weighted by Crippen LogP contribution is -2.48. The lowest BCUT2D eigenvalue weighted by Gasteiger charge is -2.26. The number of carbonyl (C=O) groups is 1. The average molecular weight is 234 g/mol. The highest BCUT2D eigenvalue weighted by Gasteiger charge is 2.26. The second-order valence-corrected chi connectivity index (χ2v) is 4.19. The minimum Gasteiger partial charge on any atom is -0.355 e. The molecular formula is C12H18N4O. The van der Waals surface area contributed by atoms with Gasteiger partial charge in [0.25, 0.3) is 0 Å². The van der Waals surface area contributed by atoms with Crippen molar-refractivity contribution in [1.29, 1.82) is 0 Å². The highest BCUT2D eigenvalue weighted by Crippen LogP contribution is 2.09. The number of nitrogens with one attached hydrogen (secondary N) is 1. The molecule has 3 N–H and O–H groups in total. The Hall–Kier alpha value is -1.46. The van der Waals surface area contributed by atoms with Crippen LogP contribution in [0.2, 0.25) is 0 Å². The summed E-state index contributed by atoms with van der Waals surface area (Å²) in [5.74, 6) is 0.0286. The summed E-state index contributed by atoms with van der Waals surface area (Å²) in [7, 11) is 0. The molecule has 2 rings (SSSR count). The summed E-state index contributed by atoms with van der Waals surface area (Å²) < 4.78 is 0. The molecule has 0 radical (unpaired) electrons. The van der Waals surface area contributed by atoms with Gasteiger partial charge in [-0.3, -0.25) is 14.7 Å². The average Bonchev–Trinajstić information content (AvgIpc) is 2.52. The zero-order chi connectivity index (χ0) is 12.1. The van der Waals surface area contributed by atoms with E-state index in [2.05, 4.69) is 15.2 Å². The fraction of sp³-hybridized carbons (Fsp3) is 0.500. The molecule has 1 aliphatic rings. The molecule has 1 amide bonds. The van der Waals surface area contributed by atoms with Crippen molar-refractivity contribution in [2.75, 3.05) is 19.6 Å². The van der Waals surface area contributed by atoms with E-state index in [0.717, 1.165) is 25.2 Å². The van der Waals surface area contributed by atoms with Gasteiger partial charge in [0.05, 0.1) is 5.69 Å². The third kappa shape index (κ3) is 3.01. The second-order valence-electron chi connectivity index (χ2n) is 4.19. The largest absolute Gasteiger partial charge is 0.355 e. The van der Waals surface area contributed by atoms with Gasteiger partial charge >= 0.3 is 0 Å². The normalized spacial score (nSPS) is 21.9. The van der Waals surface area contributed by atoms with E-state index in [0.29, 0.717) is 13.1 Å². The first-order valence-corrected chi connectivity index (χ1v) is 5.93. The van der Waals surface area contributed by atoms with Crippen molar-refractivity contribution in [3.63, 3.8) is 0 Å². The van der Waals surface area contributed by atoms with Gasteiger partial charge in [0, 0.05) is 32.4 Å². The van der Waals surface area contributed by atoms with Crippen LogP contribution in [0.15, 0.2) is 24.4 Å². The van der Waals surface area contributed by atoms with E-state index < -0.39 is 0 Å². The Morgan fingerprint density at radius 2 is 2.41 bits per heavy atom. The van der Waals surface area contributed by atoms with Crippen molar-refractivity contribution < 1.29 is 4.79 Å². The molecule has 5 heteroatoms. The van der Waals surface area contributed by atoms with Gasteiger partial charge in [-0.1, -0.05) is 6.07 Å². The molecule has 1 aromatic rings. The molecule has 1 aliphatic heterocycles. The first-order valence-electron chi connectivity index (χ1n) is 5.93. The van der Waals surface area contributed by atoms with Crippen LogP contribution < -0.4 is 11.1 Å². The van der Waals surface area contributed by atoms with E-state index in [1.165, 1.54) is 0 Å². The van der Waals surface area contributed by atoms with E-state index in [4.69, 9.17) is 5.73 Å². The third-order valence-electron chi connectivity index (χ3n) is 2.98. The molecule has 0 spiro atoms. The molecule has 1 saturated heterocycles. The van der Waals surface area contributed by atoms with Crippen molar-refractivity contribution in [1.82, 2.24) is 15.2 Å². The standard InChI is InChI=1S/C12H18N4O/c13-8-11-12(17)15-6-3-7-16(11)9-10-4-1-2-5-14-10/h1-2,4-5,11H,3,6-9,13H2,(H,15,17).